The first-order chi connectivity index (χ1) is 13.4. The molecule has 2 aliphatic rings. The van der Waals surface area contributed by atoms with E-state index in [4.69, 9.17) is 0 Å². The largest absolute Gasteiger partial charge is 0.352 e. The molecule has 148 valence electrons. The van der Waals surface area contributed by atoms with Crippen LogP contribution in [0.2, 0.25) is 0 Å². The summed E-state index contributed by atoms with van der Waals surface area (Å²) in [6, 6.07) is 3.85. The smallest absolute Gasteiger partial charge is 0.282 e. The van der Waals surface area contributed by atoms with Crippen LogP contribution in [-0.4, -0.2) is 52.6 Å². The quantitative estimate of drug-likeness (QED) is 0.419. The number of nitro benzene ring substituents is 1. The van der Waals surface area contributed by atoms with Crippen molar-refractivity contribution >= 4 is 29.3 Å². The lowest BCUT2D eigenvalue weighted by Gasteiger charge is -2.22. The molecule has 4 amide bonds. The number of amides is 4. The van der Waals surface area contributed by atoms with Gasteiger partial charge < -0.3 is 10.6 Å². The highest BCUT2D eigenvalue weighted by molar-refractivity contribution is 6.24. The molecule has 2 N–H and O–H groups in total. The summed E-state index contributed by atoms with van der Waals surface area (Å²) in [5, 5.41) is 16.3. The maximum atomic E-state index is 12.4. The van der Waals surface area contributed by atoms with E-state index >= 15 is 0 Å². The Labute approximate surface area is 160 Å². The van der Waals surface area contributed by atoms with Crippen molar-refractivity contribution in [1.82, 2.24) is 15.5 Å². The van der Waals surface area contributed by atoms with Gasteiger partial charge in [-0.15, -0.1) is 0 Å². The van der Waals surface area contributed by atoms with E-state index in [0.29, 0.717) is 4.90 Å². The SMILES string of the molecule is O=C(CN1C(=O)c2cccc([N+](=O)[O-])c2C1=O)NCC(=O)NC1CCCCC1. The topological polar surface area (TPSA) is 139 Å². The fraction of sp³-hybridized carbons (Fsp3) is 0.444. The molecule has 28 heavy (non-hydrogen) atoms. The highest BCUT2D eigenvalue weighted by atomic mass is 16.6. The summed E-state index contributed by atoms with van der Waals surface area (Å²) in [7, 11) is 0. The highest BCUT2D eigenvalue weighted by Crippen LogP contribution is 2.30. The fourth-order valence-electron chi connectivity index (χ4n) is 3.52. The molecule has 1 aromatic carbocycles. The summed E-state index contributed by atoms with van der Waals surface area (Å²) in [6.07, 6.45) is 5.09. The zero-order valence-corrected chi connectivity index (χ0v) is 15.1. The summed E-state index contributed by atoms with van der Waals surface area (Å²) in [5.74, 6) is -2.70. The molecular formula is C18H20N4O6. The van der Waals surface area contributed by atoms with Gasteiger partial charge in [0.2, 0.25) is 11.8 Å². The van der Waals surface area contributed by atoms with E-state index in [2.05, 4.69) is 10.6 Å². The van der Waals surface area contributed by atoms with Crippen LogP contribution in [0.1, 0.15) is 52.8 Å². The molecule has 0 unspecified atom stereocenters. The molecule has 0 bridgehead atoms. The third kappa shape index (κ3) is 4.00. The van der Waals surface area contributed by atoms with Crippen molar-refractivity contribution in [1.29, 1.82) is 0 Å². The van der Waals surface area contributed by atoms with E-state index in [1.54, 1.807) is 0 Å². The lowest BCUT2D eigenvalue weighted by atomic mass is 9.95. The van der Waals surface area contributed by atoms with Crippen LogP contribution < -0.4 is 10.6 Å². The number of carbonyl (C=O) groups is 4. The average molecular weight is 388 g/mol. The van der Waals surface area contributed by atoms with Crippen LogP contribution in [0.15, 0.2) is 18.2 Å². The summed E-state index contributed by atoms with van der Waals surface area (Å²) in [6.45, 7) is -0.876. The second kappa shape index (κ2) is 8.15. The molecule has 0 saturated heterocycles. The second-order valence-corrected chi connectivity index (χ2v) is 6.83. The van der Waals surface area contributed by atoms with Crippen LogP contribution in [0.4, 0.5) is 5.69 Å². The predicted octanol–water partition coefficient (Wildman–Crippen LogP) is 0.756. The molecular weight excluding hydrogens is 368 g/mol. The predicted molar refractivity (Wildman–Crippen MR) is 96.5 cm³/mol. The molecule has 1 aliphatic heterocycles. The molecule has 10 heteroatoms. The van der Waals surface area contributed by atoms with Gasteiger partial charge >= 0.3 is 0 Å². The molecule has 0 atom stereocenters. The number of nitrogens with zero attached hydrogens (tertiary/aromatic N) is 2. The van der Waals surface area contributed by atoms with Gasteiger partial charge in [0, 0.05) is 12.1 Å². The van der Waals surface area contributed by atoms with E-state index in [-0.39, 0.29) is 29.6 Å². The normalized spacial score (nSPS) is 16.6. The van der Waals surface area contributed by atoms with Gasteiger partial charge in [0.25, 0.3) is 17.5 Å². The maximum absolute atomic E-state index is 12.4. The van der Waals surface area contributed by atoms with Crippen molar-refractivity contribution in [2.45, 2.75) is 38.1 Å². The number of benzene rings is 1. The summed E-state index contributed by atoms with van der Waals surface area (Å²) >= 11 is 0. The van der Waals surface area contributed by atoms with Crippen LogP contribution in [0.25, 0.3) is 0 Å². The number of hydrogen-bond donors (Lipinski definition) is 2. The number of imide groups is 1. The van der Waals surface area contributed by atoms with Gasteiger partial charge in [-0.2, -0.15) is 0 Å². The van der Waals surface area contributed by atoms with E-state index in [0.717, 1.165) is 38.2 Å². The van der Waals surface area contributed by atoms with Gasteiger partial charge in [-0.1, -0.05) is 25.3 Å². The number of fused-ring (bicyclic) bond motifs is 1. The monoisotopic (exact) mass is 388 g/mol. The van der Waals surface area contributed by atoms with Crippen LogP contribution in [0.3, 0.4) is 0 Å². The molecule has 1 heterocycles. The molecule has 1 fully saturated rings. The Morgan fingerprint density at radius 2 is 1.82 bits per heavy atom. The Morgan fingerprint density at radius 1 is 1.11 bits per heavy atom. The fourth-order valence-corrected chi connectivity index (χ4v) is 3.52. The molecule has 0 aromatic heterocycles. The van der Waals surface area contributed by atoms with Crippen molar-refractivity contribution in [3.05, 3.63) is 39.4 Å². The van der Waals surface area contributed by atoms with Crippen molar-refractivity contribution in [2.24, 2.45) is 0 Å². The Bertz CT molecular complexity index is 846. The summed E-state index contributed by atoms with van der Waals surface area (Å²) in [5.41, 5.74) is -0.909. The van der Waals surface area contributed by atoms with Crippen LogP contribution in [0, 0.1) is 10.1 Å². The van der Waals surface area contributed by atoms with E-state index < -0.39 is 34.9 Å². The molecule has 10 nitrogen and oxygen atoms in total. The Hall–Kier alpha value is -3.30. The first-order valence-corrected chi connectivity index (χ1v) is 9.08. The van der Waals surface area contributed by atoms with Gasteiger partial charge in [0.1, 0.15) is 12.1 Å². The highest BCUT2D eigenvalue weighted by Gasteiger charge is 2.41. The minimum atomic E-state index is -0.894. The zero-order valence-electron chi connectivity index (χ0n) is 15.1. The molecule has 0 spiro atoms. The lowest BCUT2D eigenvalue weighted by Crippen LogP contribution is -2.46. The van der Waals surface area contributed by atoms with Crippen LogP contribution >= 0.6 is 0 Å². The Balaban J connectivity index is 1.56. The van der Waals surface area contributed by atoms with Crippen LogP contribution in [-0.2, 0) is 9.59 Å². The third-order valence-electron chi connectivity index (χ3n) is 4.89. The van der Waals surface area contributed by atoms with Gasteiger partial charge in [-0.25, -0.2) is 0 Å². The summed E-state index contributed by atoms with van der Waals surface area (Å²) in [4.78, 5) is 59.7. The van der Waals surface area contributed by atoms with Crippen LogP contribution in [0.5, 0.6) is 0 Å². The van der Waals surface area contributed by atoms with Crippen molar-refractivity contribution in [3.63, 3.8) is 0 Å². The van der Waals surface area contributed by atoms with Gasteiger partial charge in [-0.05, 0) is 18.9 Å². The number of carbonyl (C=O) groups excluding carboxylic acids is 4. The lowest BCUT2D eigenvalue weighted by molar-refractivity contribution is -0.385. The minimum absolute atomic E-state index is 0.106. The van der Waals surface area contributed by atoms with Crippen molar-refractivity contribution < 1.29 is 24.1 Å². The van der Waals surface area contributed by atoms with Gasteiger partial charge in [0.05, 0.1) is 17.0 Å². The van der Waals surface area contributed by atoms with Gasteiger partial charge in [0.15, 0.2) is 0 Å². The minimum Gasteiger partial charge on any atom is -0.352 e. The molecule has 1 saturated carbocycles. The van der Waals surface area contributed by atoms with E-state index in [9.17, 15) is 29.3 Å². The molecule has 0 radical (unpaired) electrons. The second-order valence-electron chi connectivity index (χ2n) is 6.83. The van der Waals surface area contributed by atoms with Crippen molar-refractivity contribution in [2.75, 3.05) is 13.1 Å². The third-order valence-corrected chi connectivity index (χ3v) is 4.89. The molecule has 1 aliphatic carbocycles. The Morgan fingerprint density at radius 3 is 2.50 bits per heavy atom. The maximum Gasteiger partial charge on any atom is 0.282 e. The average Bonchev–Trinajstić information content (AvgIpc) is 2.92. The van der Waals surface area contributed by atoms with Crippen molar-refractivity contribution in [3.8, 4) is 0 Å². The van der Waals surface area contributed by atoms with E-state index in [1.165, 1.54) is 12.1 Å². The first kappa shape index (κ1) is 19.5. The molecule has 1 aromatic rings. The number of hydrogen-bond acceptors (Lipinski definition) is 6. The molecule has 3 rings (SSSR count). The standard InChI is InChI=1S/C18H20N4O6/c23-14(20-11-5-2-1-3-6-11)9-19-15(24)10-21-17(25)12-7-4-8-13(22(27)28)16(12)18(21)26/h4,7-8,11H,1-3,5-6,9-10H2,(H,19,24)(H,20,23). The van der Waals surface area contributed by atoms with E-state index in [1.807, 2.05) is 0 Å². The Kier molecular flexibility index (Phi) is 5.67. The first-order valence-electron chi connectivity index (χ1n) is 9.08. The number of rotatable bonds is 6. The zero-order chi connectivity index (χ0) is 20.3. The van der Waals surface area contributed by atoms with Gasteiger partial charge in [-0.3, -0.25) is 34.2 Å². The number of nitro groups is 1. The summed E-state index contributed by atoms with van der Waals surface area (Å²) < 4.78 is 0. The number of nitrogens with one attached hydrogen (secondary N) is 2.